The van der Waals surface area contributed by atoms with Crippen LogP contribution in [0.1, 0.15) is 30.9 Å². The van der Waals surface area contributed by atoms with Gasteiger partial charge in [0.05, 0.1) is 5.02 Å². The Bertz CT molecular complexity index is 690. The highest BCUT2D eigenvalue weighted by molar-refractivity contribution is 6.32. The third-order valence-corrected chi connectivity index (χ3v) is 3.57. The van der Waals surface area contributed by atoms with Crippen molar-refractivity contribution in [1.29, 1.82) is 0 Å². The molecule has 0 aromatic heterocycles. The minimum atomic E-state index is -0.459. The van der Waals surface area contributed by atoms with Gasteiger partial charge >= 0.3 is 0 Å². The van der Waals surface area contributed by atoms with Gasteiger partial charge in [0.2, 0.25) is 5.91 Å². The molecule has 0 unspecified atom stereocenters. The van der Waals surface area contributed by atoms with Crippen molar-refractivity contribution in [3.8, 4) is 0 Å². The number of amides is 1. The Morgan fingerprint density at radius 2 is 1.91 bits per heavy atom. The van der Waals surface area contributed by atoms with Crippen molar-refractivity contribution in [1.82, 2.24) is 0 Å². The predicted octanol–water partition coefficient (Wildman–Crippen LogP) is 5.25. The second-order valence-electron chi connectivity index (χ2n) is 5.20. The molecule has 0 radical (unpaired) electrons. The molecule has 0 fully saturated rings. The molecule has 0 atom stereocenters. The van der Waals surface area contributed by atoms with Gasteiger partial charge in [-0.15, -0.1) is 0 Å². The van der Waals surface area contributed by atoms with Crippen LogP contribution in [-0.2, 0) is 4.79 Å². The summed E-state index contributed by atoms with van der Waals surface area (Å²) in [7, 11) is 0. The topological polar surface area (TPSA) is 29.1 Å². The zero-order chi connectivity index (χ0) is 16.1. The zero-order valence-corrected chi connectivity index (χ0v) is 13.2. The average Bonchev–Trinajstić information content (AvgIpc) is 2.47. The first-order chi connectivity index (χ1) is 10.5. The van der Waals surface area contributed by atoms with Crippen LogP contribution < -0.4 is 5.32 Å². The standard InChI is InChI=1S/C18H17ClFNO/c1-12(2)13-6-3-4-9-17(13)21-18(22)11-10-14-15(19)7-5-8-16(14)20/h3-12H,1-2H3,(H,21,22). The second kappa shape index (κ2) is 7.23. The quantitative estimate of drug-likeness (QED) is 0.766. The van der Waals surface area contributed by atoms with Crippen LogP contribution in [-0.4, -0.2) is 5.91 Å². The van der Waals surface area contributed by atoms with Crippen molar-refractivity contribution in [2.24, 2.45) is 0 Å². The average molecular weight is 318 g/mol. The van der Waals surface area contributed by atoms with Crippen molar-refractivity contribution in [2.75, 3.05) is 5.32 Å². The molecule has 2 aromatic carbocycles. The van der Waals surface area contributed by atoms with E-state index in [-0.39, 0.29) is 16.5 Å². The summed E-state index contributed by atoms with van der Waals surface area (Å²) in [5, 5.41) is 3.08. The van der Waals surface area contributed by atoms with Gasteiger partial charge in [-0.1, -0.05) is 49.7 Å². The number of nitrogens with one attached hydrogen (secondary N) is 1. The maximum atomic E-state index is 13.6. The van der Waals surface area contributed by atoms with E-state index in [1.54, 1.807) is 6.07 Å². The maximum absolute atomic E-state index is 13.6. The van der Waals surface area contributed by atoms with Gasteiger partial charge in [-0.05, 0) is 35.8 Å². The van der Waals surface area contributed by atoms with E-state index >= 15 is 0 Å². The van der Waals surface area contributed by atoms with Crippen LogP contribution in [0.5, 0.6) is 0 Å². The molecular formula is C18H17ClFNO. The Labute approximate surface area is 134 Å². The summed E-state index contributed by atoms with van der Waals surface area (Å²) in [6.45, 7) is 4.11. The molecule has 0 aliphatic carbocycles. The van der Waals surface area contributed by atoms with Crippen LogP contribution in [0.15, 0.2) is 48.5 Å². The lowest BCUT2D eigenvalue weighted by molar-refractivity contribution is -0.111. The van der Waals surface area contributed by atoms with Crippen LogP contribution in [0.25, 0.3) is 6.08 Å². The Balaban J connectivity index is 2.16. The lowest BCUT2D eigenvalue weighted by Crippen LogP contribution is -2.10. The first kappa shape index (κ1) is 16.2. The Morgan fingerprint density at radius 1 is 1.18 bits per heavy atom. The number of rotatable bonds is 4. The summed E-state index contributed by atoms with van der Waals surface area (Å²) in [5.41, 5.74) is 2.01. The minimum absolute atomic E-state index is 0.205. The van der Waals surface area contributed by atoms with Crippen molar-refractivity contribution < 1.29 is 9.18 Å². The second-order valence-corrected chi connectivity index (χ2v) is 5.61. The molecule has 2 nitrogen and oxygen atoms in total. The van der Waals surface area contributed by atoms with Gasteiger partial charge in [-0.3, -0.25) is 4.79 Å². The molecular weight excluding hydrogens is 301 g/mol. The van der Waals surface area contributed by atoms with Gasteiger partial charge < -0.3 is 5.32 Å². The summed E-state index contributed by atoms with van der Waals surface area (Å²) in [6.07, 6.45) is 2.66. The molecule has 0 saturated carbocycles. The fourth-order valence-electron chi connectivity index (χ4n) is 2.12. The number of carbonyl (C=O) groups excluding carboxylic acids is 1. The number of halogens is 2. The van der Waals surface area contributed by atoms with Crippen molar-refractivity contribution in [2.45, 2.75) is 19.8 Å². The molecule has 2 aromatic rings. The number of hydrogen-bond donors (Lipinski definition) is 1. The molecule has 0 heterocycles. The predicted molar refractivity (Wildman–Crippen MR) is 89.6 cm³/mol. The molecule has 0 saturated heterocycles. The summed E-state index contributed by atoms with van der Waals surface area (Å²) in [5.74, 6) is -0.493. The van der Waals surface area contributed by atoms with Crippen LogP contribution in [0.4, 0.5) is 10.1 Å². The molecule has 1 amide bonds. The fraction of sp³-hybridized carbons (Fsp3) is 0.167. The minimum Gasteiger partial charge on any atom is -0.322 e. The molecule has 0 bridgehead atoms. The van der Waals surface area contributed by atoms with Gasteiger partial charge in [-0.2, -0.15) is 0 Å². The monoisotopic (exact) mass is 317 g/mol. The van der Waals surface area contributed by atoms with Gasteiger partial charge in [0, 0.05) is 17.3 Å². The maximum Gasteiger partial charge on any atom is 0.248 e. The van der Waals surface area contributed by atoms with E-state index in [0.717, 1.165) is 11.3 Å². The highest BCUT2D eigenvalue weighted by Crippen LogP contribution is 2.24. The van der Waals surface area contributed by atoms with Crippen LogP contribution >= 0.6 is 11.6 Å². The van der Waals surface area contributed by atoms with E-state index < -0.39 is 5.82 Å². The fourth-order valence-corrected chi connectivity index (χ4v) is 2.34. The van der Waals surface area contributed by atoms with E-state index in [1.165, 1.54) is 24.3 Å². The molecule has 114 valence electrons. The lowest BCUT2D eigenvalue weighted by Gasteiger charge is -2.12. The van der Waals surface area contributed by atoms with Crippen molar-refractivity contribution in [3.05, 3.63) is 70.5 Å². The highest BCUT2D eigenvalue weighted by atomic mass is 35.5. The van der Waals surface area contributed by atoms with Gasteiger partial charge in [0.1, 0.15) is 5.82 Å². The molecule has 22 heavy (non-hydrogen) atoms. The first-order valence-corrected chi connectivity index (χ1v) is 7.39. The summed E-state index contributed by atoms with van der Waals surface area (Å²) in [6, 6.07) is 12.0. The van der Waals surface area contributed by atoms with E-state index in [2.05, 4.69) is 19.2 Å². The molecule has 1 N–H and O–H groups in total. The summed E-state index contributed by atoms with van der Waals surface area (Å²) >= 11 is 5.92. The summed E-state index contributed by atoms with van der Waals surface area (Å²) in [4.78, 5) is 12.0. The van der Waals surface area contributed by atoms with Crippen molar-refractivity contribution >= 4 is 29.3 Å². The van der Waals surface area contributed by atoms with E-state index in [9.17, 15) is 9.18 Å². The number of benzene rings is 2. The SMILES string of the molecule is CC(C)c1ccccc1NC(=O)C=Cc1c(F)cccc1Cl. The van der Waals surface area contributed by atoms with Gasteiger partial charge in [0.15, 0.2) is 0 Å². The van der Waals surface area contributed by atoms with E-state index in [4.69, 9.17) is 11.6 Å². The molecule has 2 rings (SSSR count). The molecule has 0 spiro atoms. The summed E-state index contributed by atoms with van der Waals surface area (Å²) < 4.78 is 13.6. The number of anilines is 1. The van der Waals surface area contributed by atoms with Gasteiger partial charge in [0.25, 0.3) is 0 Å². The van der Waals surface area contributed by atoms with Crippen LogP contribution in [0.2, 0.25) is 5.02 Å². The Hall–Kier alpha value is -2.13. The first-order valence-electron chi connectivity index (χ1n) is 7.01. The highest BCUT2D eigenvalue weighted by Gasteiger charge is 2.08. The lowest BCUT2D eigenvalue weighted by atomic mass is 10.0. The number of para-hydroxylation sites is 1. The Kier molecular flexibility index (Phi) is 5.34. The molecule has 4 heteroatoms. The Morgan fingerprint density at radius 3 is 2.59 bits per heavy atom. The van der Waals surface area contributed by atoms with E-state index in [1.807, 2.05) is 24.3 Å². The molecule has 0 aliphatic heterocycles. The number of carbonyl (C=O) groups is 1. The van der Waals surface area contributed by atoms with E-state index in [0.29, 0.717) is 5.92 Å². The largest absolute Gasteiger partial charge is 0.322 e. The van der Waals surface area contributed by atoms with Gasteiger partial charge in [-0.25, -0.2) is 4.39 Å². The zero-order valence-electron chi connectivity index (χ0n) is 12.4. The third kappa shape index (κ3) is 3.95. The van der Waals surface area contributed by atoms with Crippen LogP contribution in [0.3, 0.4) is 0 Å². The third-order valence-electron chi connectivity index (χ3n) is 3.24. The molecule has 0 aliphatic rings. The van der Waals surface area contributed by atoms with Crippen molar-refractivity contribution in [3.63, 3.8) is 0 Å². The number of hydrogen-bond acceptors (Lipinski definition) is 1. The van der Waals surface area contributed by atoms with Crippen LogP contribution in [0, 0.1) is 5.82 Å². The smallest absolute Gasteiger partial charge is 0.248 e. The normalized spacial score (nSPS) is 11.1.